The summed E-state index contributed by atoms with van der Waals surface area (Å²) in [5.74, 6) is 0. The van der Waals surface area contributed by atoms with Gasteiger partial charge in [-0.25, -0.2) is 0 Å². The zero-order valence-electron chi connectivity index (χ0n) is 10.9. The summed E-state index contributed by atoms with van der Waals surface area (Å²) in [5, 5.41) is 6.75. The summed E-state index contributed by atoms with van der Waals surface area (Å²) in [7, 11) is 0. The van der Waals surface area contributed by atoms with Crippen LogP contribution < -0.4 is 5.32 Å². The minimum atomic E-state index is 0.743. The van der Waals surface area contributed by atoms with Crippen molar-refractivity contribution in [1.82, 2.24) is 10.2 Å². The third-order valence-electron chi connectivity index (χ3n) is 4.41. The van der Waals surface area contributed by atoms with Crippen LogP contribution in [-0.2, 0) is 6.54 Å². The topological polar surface area (TPSA) is 15.3 Å². The Morgan fingerprint density at radius 3 is 2.67 bits per heavy atom. The second kappa shape index (κ2) is 5.49. The molecule has 2 saturated heterocycles. The van der Waals surface area contributed by atoms with Crippen molar-refractivity contribution in [2.45, 2.75) is 57.3 Å². The van der Waals surface area contributed by atoms with E-state index in [1.54, 1.807) is 11.3 Å². The summed E-state index contributed by atoms with van der Waals surface area (Å²) in [5.41, 5.74) is 0. The second-order valence-corrected chi connectivity index (χ2v) is 6.93. The Morgan fingerprint density at radius 1 is 1.39 bits per heavy atom. The monoisotopic (exact) mass is 284 g/mol. The predicted molar refractivity (Wildman–Crippen MR) is 78.4 cm³/mol. The first-order valence-corrected chi connectivity index (χ1v) is 8.24. The van der Waals surface area contributed by atoms with Gasteiger partial charge in [-0.3, -0.25) is 4.90 Å². The Labute approximate surface area is 118 Å². The number of hydrogen-bond acceptors (Lipinski definition) is 3. The van der Waals surface area contributed by atoms with Crippen LogP contribution in [0.4, 0.5) is 0 Å². The number of rotatable bonds is 4. The fourth-order valence-electron chi connectivity index (χ4n) is 3.45. The number of nitrogens with zero attached hydrogens (tertiary/aromatic N) is 1. The van der Waals surface area contributed by atoms with Gasteiger partial charge in [0.2, 0.25) is 0 Å². The zero-order chi connectivity index (χ0) is 12.5. The minimum Gasteiger partial charge on any atom is -0.311 e. The molecular formula is C14H21ClN2S. The SMILES string of the molecule is CCN(Cc1sccc1Cl)C1CC2CCC(C1)N2. The van der Waals surface area contributed by atoms with Gasteiger partial charge >= 0.3 is 0 Å². The molecule has 4 heteroatoms. The average Bonchev–Trinajstić information content (AvgIpc) is 2.92. The van der Waals surface area contributed by atoms with Crippen molar-refractivity contribution in [3.8, 4) is 0 Å². The van der Waals surface area contributed by atoms with Gasteiger partial charge in [0, 0.05) is 29.5 Å². The molecule has 0 aromatic carbocycles. The van der Waals surface area contributed by atoms with Gasteiger partial charge < -0.3 is 5.32 Å². The molecule has 0 spiro atoms. The molecule has 2 atom stereocenters. The van der Waals surface area contributed by atoms with Gasteiger partial charge in [-0.1, -0.05) is 18.5 Å². The lowest BCUT2D eigenvalue weighted by atomic mass is 9.98. The summed E-state index contributed by atoms with van der Waals surface area (Å²) in [6, 6.07) is 4.29. The van der Waals surface area contributed by atoms with Crippen LogP contribution in [0.15, 0.2) is 11.4 Å². The zero-order valence-corrected chi connectivity index (χ0v) is 12.4. The van der Waals surface area contributed by atoms with Crippen LogP contribution in [0.25, 0.3) is 0 Å². The van der Waals surface area contributed by atoms with Crippen molar-refractivity contribution in [3.05, 3.63) is 21.3 Å². The van der Waals surface area contributed by atoms with Crippen LogP contribution in [0.1, 0.15) is 37.5 Å². The van der Waals surface area contributed by atoms with Crippen LogP contribution in [0, 0.1) is 0 Å². The number of nitrogens with one attached hydrogen (secondary N) is 1. The van der Waals surface area contributed by atoms with E-state index >= 15 is 0 Å². The highest BCUT2D eigenvalue weighted by Crippen LogP contribution is 2.32. The molecular weight excluding hydrogens is 264 g/mol. The molecule has 2 fully saturated rings. The highest BCUT2D eigenvalue weighted by molar-refractivity contribution is 7.10. The lowest BCUT2D eigenvalue weighted by Crippen LogP contribution is -2.47. The summed E-state index contributed by atoms with van der Waals surface area (Å²) < 4.78 is 0. The molecule has 2 bridgehead atoms. The van der Waals surface area contributed by atoms with Crippen molar-refractivity contribution < 1.29 is 0 Å². The Morgan fingerprint density at radius 2 is 2.11 bits per heavy atom. The van der Waals surface area contributed by atoms with Crippen molar-refractivity contribution in [3.63, 3.8) is 0 Å². The molecule has 0 saturated carbocycles. The van der Waals surface area contributed by atoms with Crippen molar-refractivity contribution in [1.29, 1.82) is 0 Å². The molecule has 2 unspecified atom stereocenters. The third-order valence-corrected chi connectivity index (χ3v) is 5.78. The smallest absolute Gasteiger partial charge is 0.0558 e. The first kappa shape index (κ1) is 12.9. The molecule has 0 aliphatic carbocycles. The quantitative estimate of drug-likeness (QED) is 0.910. The molecule has 0 radical (unpaired) electrons. The largest absolute Gasteiger partial charge is 0.311 e. The second-order valence-electron chi connectivity index (χ2n) is 5.52. The van der Waals surface area contributed by atoms with E-state index in [1.807, 2.05) is 6.07 Å². The van der Waals surface area contributed by atoms with Crippen LogP contribution in [0.3, 0.4) is 0 Å². The molecule has 0 amide bonds. The van der Waals surface area contributed by atoms with Gasteiger partial charge in [0.15, 0.2) is 0 Å². The molecule has 1 aromatic rings. The van der Waals surface area contributed by atoms with E-state index in [-0.39, 0.29) is 0 Å². The minimum absolute atomic E-state index is 0.743. The molecule has 3 heterocycles. The normalized spacial score (nSPS) is 31.2. The van der Waals surface area contributed by atoms with E-state index in [0.29, 0.717) is 0 Å². The van der Waals surface area contributed by atoms with Gasteiger partial charge in [0.05, 0.1) is 5.02 Å². The molecule has 100 valence electrons. The summed E-state index contributed by atoms with van der Waals surface area (Å²) in [6.07, 6.45) is 5.37. The molecule has 3 rings (SSSR count). The predicted octanol–water partition coefficient (Wildman–Crippen LogP) is 3.51. The van der Waals surface area contributed by atoms with Crippen LogP contribution in [0.5, 0.6) is 0 Å². The Balaban J connectivity index is 1.67. The number of piperidine rings is 1. The number of hydrogen-bond donors (Lipinski definition) is 1. The summed E-state index contributed by atoms with van der Waals surface area (Å²) in [6.45, 7) is 4.42. The molecule has 2 nitrogen and oxygen atoms in total. The Bertz CT molecular complexity index is 394. The van der Waals surface area contributed by atoms with Gasteiger partial charge in [-0.15, -0.1) is 11.3 Å². The van der Waals surface area contributed by atoms with Crippen LogP contribution >= 0.6 is 22.9 Å². The van der Waals surface area contributed by atoms with Gasteiger partial charge in [0.25, 0.3) is 0 Å². The summed E-state index contributed by atoms with van der Waals surface area (Å²) >= 11 is 8.01. The molecule has 2 aliphatic rings. The number of fused-ring (bicyclic) bond motifs is 2. The standard InChI is InChI=1S/C14H21ClN2S/c1-2-17(9-14-13(15)5-6-18-14)12-7-10-3-4-11(8-12)16-10/h5-6,10-12,16H,2-4,7-9H2,1H3. The molecule has 1 aromatic heterocycles. The molecule has 18 heavy (non-hydrogen) atoms. The number of thiophene rings is 1. The lowest BCUT2D eigenvalue weighted by Gasteiger charge is -2.37. The number of halogens is 1. The van der Waals surface area contributed by atoms with Gasteiger partial charge in [0.1, 0.15) is 0 Å². The first-order valence-electron chi connectivity index (χ1n) is 6.98. The van der Waals surface area contributed by atoms with E-state index < -0.39 is 0 Å². The van der Waals surface area contributed by atoms with Gasteiger partial charge in [-0.2, -0.15) is 0 Å². The average molecular weight is 285 g/mol. The van der Waals surface area contributed by atoms with Gasteiger partial charge in [-0.05, 0) is 43.7 Å². The van der Waals surface area contributed by atoms with Crippen molar-refractivity contribution >= 4 is 22.9 Å². The maximum Gasteiger partial charge on any atom is 0.0558 e. The Kier molecular flexibility index (Phi) is 3.94. The summed E-state index contributed by atoms with van der Waals surface area (Å²) in [4.78, 5) is 3.94. The lowest BCUT2D eigenvalue weighted by molar-refractivity contribution is 0.142. The maximum atomic E-state index is 6.22. The van der Waals surface area contributed by atoms with Crippen LogP contribution in [0.2, 0.25) is 5.02 Å². The highest BCUT2D eigenvalue weighted by atomic mass is 35.5. The fraction of sp³-hybridized carbons (Fsp3) is 0.714. The van der Waals surface area contributed by atoms with Crippen LogP contribution in [-0.4, -0.2) is 29.6 Å². The Hall–Kier alpha value is -0.0900. The van der Waals surface area contributed by atoms with E-state index in [9.17, 15) is 0 Å². The fourth-order valence-corrected chi connectivity index (χ4v) is 4.57. The van der Waals surface area contributed by atoms with E-state index in [1.165, 1.54) is 30.6 Å². The third kappa shape index (κ3) is 2.60. The molecule has 2 aliphatic heterocycles. The molecule has 1 N–H and O–H groups in total. The van der Waals surface area contributed by atoms with Crippen molar-refractivity contribution in [2.75, 3.05) is 6.54 Å². The highest BCUT2D eigenvalue weighted by Gasteiger charge is 2.35. The van der Waals surface area contributed by atoms with Crippen molar-refractivity contribution in [2.24, 2.45) is 0 Å². The van der Waals surface area contributed by atoms with E-state index in [2.05, 4.69) is 22.5 Å². The maximum absolute atomic E-state index is 6.22. The first-order chi connectivity index (χ1) is 8.76. The van der Waals surface area contributed by atoms with E-state index in [0.717, 1.165) is 36.2 Å². The van der Waals surface area contributed by atoms with E-state index in [4.69, 9.17) is 11.6 Å².